The van der Waals surface area contributed by atoms with Crippen LogP contribution in [-0.4, -0.2) is 53.4 Å². The van der Waals surface area contributed by atoms with E-state index in [1.165, 1.54) is 22.5 Å². The van der Waals surface area contributed by atoms with Crippen LogP contribution in [0, 0.1) is 18.7 Å². The number of hydrogen-bond acceptors (Lipinski definition) is 7. The second kappa shape index (κ2) is 12.8. The van der Waals surface area contributed by atoms with Gasteiger partial charge in [-0.1, -0.05) is 59.6 Å². The summed E-state index contributed by atoms with van der Waals surface area (Å²) in [4.78, 5) is 16.6. The minimum atomic E-state index is -3.92. The van der Waals surface area contributed by atoms with E-state index in [9.17, 15) is 13.2 Å². The molecule has 2 aliphatic carbocycles. The molecule has 2 saturated carbocycles. The Hall–Kier alpha value is -3.51. The first-order valence-electron chi connectivity index (χ1n) is 15.6. The molecule has 2 heterocycles. The molecule has 0 spiro atoms. The number of nitrogens with zero attached hydrogens (tertiary/aromatic N) is 4. The van der Waals surface area contributed by atoms with Gasteiger partial charge in [-0.05, 0) is 79.1 Å². The number of para-hydroxylation sites is 1. The maximum absolute atomic E-state index is 15.4. The zero-order valence-corrected chi connectivity index (χ0v) is 27.8. The van der Waals surface area contributed by atoms with Gasteiger partial charge in [0.25, 0.3) is 5.91 Å². The zero-order chi connectivity index (χ0) is 32.9. The van der Waals surface area contributed by atoms with Gasteiger partial charge in [0.15, 0.2) is 0 Å². The lowest BCUT2D eigenvalue weighted by Gasteiger charge is -2.49. The number of amides is 1. The van der Waals surface area contributed by atoms with Crippen molar-refractivity contribution in [2.45, 2.75) is 68.6 Å². The molecule has 0 radical (unpaired) electrons. The van der Waals surface area contributed by atoms with E-state index in [-0.39, 0.29) is 36.4 Å². The summed E-state index contributed by atoms with van der Waals surface area (Å²) in [5.41, 5.74) is 1.44. The molecule has 0 unspecified atom stereocenters. The summed E-state index contributed by atoms with van der Waals surface area (Å²) in [5.74, 6) is -0.430. The fraction of sp³-hybridized carbons (Fsp3) is 0.382. The van der Waals surface area contributed by atoms with Gasteiger partial charge < -0.3 is 14.1 Å². The van der Waals surface area contributed by atoms with E-state index >= 15 is 4.39 Å². The van der Waals surface area contributed by atoms with Crippen molar-refractivity contribution in [2.24, 2.45) is 5.92 Å². The van der Waals surface area contributed by atoms with E-state index in [4.69, 9.17) is 32.4 Å². The van der Waals surface area contributed by atoms with E-state index < -0.39 is 45.4 Å². The van der Waals surface area contributed by atoms with Gasteiger partial charge >= 0.3 is 0 Å². The number of carbonyl (C=O) groups excluding carboxylic acids is 1. The van der Waals surface area contributed by atoms with Crippen LogP contribution in [0.2, 0.25) is 10.0 Å². The van der Waals surface area contributed by atoms with E-state index in [1.807, 2.05) is 24.3 Å². The molecule has 0 bridgehead atoms. The monoisotopic (exact) mass is 698 g/mol. The Kier molecular flexibility index (Phi) is 8.75. The molecule has 3 fully saturated rings. The third-order valence-corrected chi connectivity index (χ3v) is 11.8. The van der Waals surface area contributed by atoms with E-state index in [2.05, 4.69) is 10.2 Å². The lowest BCUT2D eigenvalue weighted by atomic mass is 9.89. The number of sulfonamides is 1. The van der Waals surface area contributed by atoms with Crippen molar-refractivity contribution in [1.29, 1.82) is 0 Å². The van der Waals surface area contributed by atoms with Crippen LogP contribution in [0.5, 0.6) is 0 Å². The molecule has 246 valence electrons. The number of aromatic nitrogens is 2. The van der Waals surface area contributed by atoms with Crippen LogP contribution in [0.15, 0.2) is 77.2 Å². The molecule has 1 saturated heterocycles. The van der Waals surface area contributed by atoms with Gasteiger partial charge in [-0.25, -0.2) is 12.8 Å². The number of morpholine rings is 1. The number of benzene rings is 3. The third kappa shape index (κ3) is 6.63. The molecular weight excluding hydrogens is 666 g/mol. The SMILES string of the molecule is Cc1nnc(C[C@H]2O[C@@H](c3cccc(Cl)c3)[C@@H](c3ccc(Cl)cc3)N([C@@H](CN(c3ccccc3F)S(=O)(=O)C3CC3)C3CC3)C2=O)o1. The smallest absolute Gasteiger partial charge is 0.253 e. The molecule has 7 rings (SSSR count). The highest BCUT2D eigenvalue weighted by Crippen LogP contribution is 2.49. The minimum absolute atomic E-state index is 0.00929. The summed E-state index contributed by atoms with van der Waals surface area (Å²) >= 11 is 12.8. The molecule has 1 aromatic heterocycles. The molecule has 0 N–H and O–H groups in total. The summed E-state index contributed by atoms with van der Waals surface area (Å²) in [6, 6.07) is 19.0. The predicted molar refractivity (Wildman–Crippen MR) is 175 cm³/mol. The molecule has 47 heavy (non-hydrogen) atoms. The first-order chi connectivity index (χ1) is 22.6. The second-order valence-electron chi connectivity index (χ2n) is 12.4. The summed E-state index contributed by atoms with van der Waals surface area (Å²) in [5, 5.41) is 8.46. The number of halogens is 3. The summed E-state index contributed by atoms with van der Waals surface area (Å²) < 4.78 is 56.9. The highest BCUT2D eigenvalue weighted by Gasteiger charge is 2.52. The molecule has 3 aromatic carbocycles. The standard InChI is InChI=1S/C34H33Cl2FN4O5S/c1-20-38-39-31(45-20)18-30-34(42)41(32(22-11-13-24(35)14-12-22)33(46-30)23-5-4-6-25(36)17-23)29(21-9-10-21)19-40(47(43,44)26-15-16-26)28-8-3-2-7-27(28)37/h2-8,11-14,17,21,26,29-30,32-33H,9-10,15-16,18-19H2,1H3/t29-,30+,32+,33-/m0/s1. The second-order valence-corrected chi connectivity index (χ2v) is 15.4. The van der Waals surface area contributed by atoms with E-state index in [0.717, 1.165) is 24.0 Å². The molecule has 1 amide bonds. The van der Waals surface area contributed by atoms with Gasteiger partial charge in [-0.2, -0.15) is 0 Å². The van der Waals surface area contributed by atoms with Crippen LogP contribution in [0.4, 0.5) is 10.1 Å². The normalized spacial score (nSPS) is 22.3. The molecule has 1 aliphatic heterocycles. The van der Waals surface area contributed by atoms with Gasteiger partial charge in [-0.15, -0.1) is 10.2 Å². The number of aryl methyl sites for hydroxylation is 1. The van der Waals surface area contributed by atoms with Crippen LogP contribution in [0.3, 0.4) is 0 Å². The maximum Gasteiger partial charge on any atom is 0.253 e. The Morgan fingerprint density at radius 3 is 2.34 bits per heavy atom. The first kappa shape index (κ1) is 32.1. The lowest BCUT2D eigenvalue weighted by molar-refractivity contribution is -0.180. The average molecular weight is 700 g/mol. The Morgan fingerprint density at radius 2 is 1.70 bits per heavy atom. The van der Waals surface area contributed by atoms with Crippen LogP contribution < -0.4 is 4.31 Å². The Labute approximate surface area is 282 Å². The van der Waals surface area contributed by atoms with Gasteiger partial charge in [0, 0.05) is 17.0 Å². The van der Waals surface area contributed by atoms with E-state index in [1.54, 1.807) is 42.2 Å². The molecule has 4 atom stereocenters. The van der Waals surface area contributed by atoms with Gasteiger partial charge in [0.2, 0.25) is 21.8 Å². The van der Waals surface area contributed by atoms with Crippen molar-refractivity contribution in [3.05, 3.63) is 112 Å². The predicted octanol–water partition coefficient (Wildman–Crippen LogP) is 6.85. The number of hydrogen-bond donors (Lipinski definition) is 0. The summed E-state index contributed by atoms with van der Waals surface area (Å²) in [6.45, 7) is 1.55. The van der Waals surface area contributed by atoms with E-state index in [0.29, 0.717) is 28.8 Å². The highest BCUT2D eigenvalue weighted by molar-refractivity contribution is 7.93. The van der Waals surface area contributed by atoms with Crippen molar-refractivity contribution in [3.63, 3.8) is 0 Å². The lowest BCUT2D eigenvalue weighted by Crippen LogP contribution is -2.59. The van der Waals surface area contributed by atoms with Crippen molar-refractivity contribution >= 4 is 44.8 Å². The van der Waals surface area contributed by atoms with Crippen LogP contribution in [0.25, 0.3) is 0 Å². The Bertz CT molecular complexity index is 1880. The zero-order valence-electron chi connectivity index (χ0n) is 25.5. The van der Waals surface area contributed by atoms with Gasteiger partial charge in [0.05, 0.1) is 36.0 Å². The maximum atomic E-state index is 15.4. The summed E-state index contributed by atoms with van der Waals surface area (Å²) in [6.07, 6.45) is 0.839. The molecule has 4 aromatic rings. The van der Waals surface area contributed by atoms with Crippen molar-refractivity contribution < 1.29 is 26.8 Å². The van der Waals surface area contributed by atoms with Gasteiger partial charge in [-0.3, -0.25) is 9.10 Å². The molecule has 3 aliphatic rings. The van der Waals surface area contributed by atoms with Crippen molar-refractivity contribution in [1.82, 2.24) is 15.1 Å². The molecule has 13 heteroatoms. The van der Waals surface area contributed by atoms with Gasteiger partial charge in [0.1, 0.15) is 18.0 Å². The number of rotatable bonds is 11. The van der Waals surface area contributed by atoms with Crippen molar-refractivity contribution in [3.8, 4) is 0 Å². The quantitative estimate of drug-likeness (QED) is 0.169. The number of ether oxygens (including phenoxy) is 1. The van der Waals surface area contributed by atoms with Crippen LogP contribution in [-0.2, 0) is 26.0 Å². The first-order valence-corrected chi connectivity index (χ1v) is 17.9. The fourth-order valence-corrected chi connectivity index (χ4v) is 8.64. The Morgan fingerprint density at radius 1 is 0.957 bits per heavy atom. The summed E-state index contributed by atoms with van der Waals surface area (Å²) in [7, 11) is -3.92. The van der Waals surface area contributed by atoms with Crippen LogP contribution in [0.1, 0.15) is 60.7 Å². The number of carbonyl (C=O) groups is 1. The van der Waals surface area contributed by atoms with Crippen molar-refractivity contribution in [2.75, 3.05) is 10.8 Å². The average Bonchev–Trinajstić information content (AvgIpc) is 3.98. The molecule has 9 nitrogen and oxygen atoms in total. The Balaban J connectivity index is 1.37. The topological polar surface area (TPSA) is 106 Å². The minimum Gasteiger partial charge on any atom is -0.425 e. The largest absolute Gasteiger partial charge is 0.425 e. The number of anilines is 1. The fourth-order valence-electron chi connectivity index (χ4n) is 6.44. The third-order valence-electron chi connectivity index (χ3n) is 8.99. The molecular formula is C34H33Cl2FN4O5S. The highest BCUT2D eigenvalue weighted by atomic mass is 35.5. The van der Waals surface area contributed by atoms with Crippen LogP contribution >= 0.6 is 23.2 Å².